The predicted octanol–water partition coefficient (Wildman–Crippen LogP) is 3.13. The molecular formula is C18H20O5. The number of rotatable bonds is 4. The van der Waals surface area contributed by atoms with E-state index in [2.05, 4.69) is 6.58 Å². The number of fused-ring (bicyclic) bond motifs is 1. The molecule has 2 atom stereocenters. The first-order valence-corrected chi connectivity index (χ1v) is 7.30. The van der Waals surface area contributed by atoms with E-state index in [-0.39, 0.29) is 17.1 Å². The Balaban J connectivity index is 2.46. The van der Waals surface area contributed by atoms with Crippen LogP contribution in [0.15, 0.2) is 35.9 Å². The Kier molecular flexibility index (Phi) is 4.71. The molecule has 1 aromatic carbocycles. The lowest BCUT2D eigenvalue weighted by atomic mass is 9.99. The maximum absolute atomic E-state index is 11.9. The van der Waals surface area contributed by atoms with Gasteiger partial charge in [-0.05, 0) is 39.3 Å². The van der Waals surface area contributed by atoms with Crippen LogP contribution in [-0.4, -0.2) is 23.0 Å². The summed E-state index contributed by atoms with van der Waals surface area (Å²) in [5.41, 5.74) is 1.82. The molecule has 0 spiro atoms. The number of allylic oxidation sites excluding steroid dienone is 1. The molecule has 0 aromatic heterocycles. The van der Waals surface area contributed by atoms with Crippen molar-refractivity contribution in [3.05, 3.63) is 47.1 Å². The maximum Gasteiger partial charge on any atom is 0.338 e. The minimum absolute atomic E-state index is 0.122. The van der Waals surface area contributed by atoms with Gasteiger partial charge in [0.1, 0.15) is 23.7 Å². The van der Waals surface area contributed by atoms with Gasteiger partial charge in [0, 0.05) is 17.2 Å². The van der Waals surface area contributed by atoms with Crippen molar-refractivity contribution < 1.29 is 24.2 Å². The first-order valence-electron chi connectivity index (χ1n) is 7.30. The maximum atomic E-state index is 11.9. The SMILES string of the molecule is C=C(C)[C@H]1Oc2cc(OC(=O)C(C)=CC)c(C(C)=O)cc2[C@@H]1O. The lowest BCUT2D eigenvalue weighted by molar-refractivity contribution is -0.130. The van der Waals surface area contributed by atoms with Crippen LogP contribution in [0.5, 0.6) is 11.5 Å². The number of carbonyl (C=O) groups is 2. The number of aliphatic hydroxyl groups is 1. The lowest BCUT2D eigenvalue weighted by Crippen LogP contribution is -2.19. The summed E-state index contributed by atoms with van der Waals surface area (Å²) in [6, 6.07) is 2.98. The van der Waals surface area contributed by atoms with Crippen LogP contribution in [-0.2, 0) is 4.79 Å². The molecule has 5 heteroatoms. The Morgan fingerprint density at radius 1 is 1.30 bits per heavy atom. The third-order valence-electron chi connectivity index (χ3n) is 3.79. The molecule has 122 valence electrons. The van der Waals surface area contributed by atoms with Crippen molar-refractivity contribution in [3.63, 3.8) is 0 Å². The molecule has 0 radical (unpaired) electrons. The third-order valence-corrected chi connectivity index (χ3v) is 3.79. The van der Waals surface area contributed by atoms with E-state index >= 15 is 0 Å². The highest BCUT2D eigenvalue weighted by atomic mass is 16.5. The second-order valence-corrected chi connectivity index (χ2v) is 5.63. The molecule has 1 aliphatic heterocycles. The molecule has 1 heterocycles. The molecule has 23 heavy (non-hydrogen) atoms. The van der Waals surface area contributed by atoms with Gasteiger partial charge in [0.05, 0.1) is 5.56 Å². The second-order valence-electron chi connectivity index (χ2n) is 5.63. The number of ether oxygens (including phenoxy) is 2. The van der Waals surface area contributed by atoms with Gasteiger partial charge in [-0.25, -0.2) is 4.79 Å². The van der Waals surface area contributed by atoms with E-state index < -0.39 is 18.2 Å². The summed E-state index contributed by atoms with van der Waals surface area (Å²) >= 11 is 0. The smallest absolute Gasteiger partial charge is 0.338 e. The van der Waals surface area contributed by atoms with Gasteiger partial charge in [-0.3, -0.25) is 4.79 Å². The van der Waals surface area contributed by atoms with Crippen LogP contribution in [0, 0.1) is 0 Å². The highest BCUT2D eigenvalue weighted by molar-refractivity contribution is 5.99. The standard InChI is InChI=1S/C18H20O5/c1-6-10(4)18(21)23-14-8-15-13(7-12(14)11(5)19)16(20)17(22-15)9(2)3/h6-8,16-17,20H,2H2,1,3-5H3/t16-,17+/m0/s1. The van der Waals surface area contributed by atoms with Crippen LogP contribution in [0.25, 0.3) is 0 Å². The van der Waals surface area contributed by atoms with E-state index in [0.717, 1.165) is 0 Å². The van der Waals surface area contributed by atoms with Crippen LogP contribution in [0.3, 0.4) is 0 Å². The summed E-state index contributed by atoms with van der Waals surface area (Å²) in [5.74, 6) is -0.293. The number of hydrogen-bond donors (Lipinski definition) is 1. The monoisotopic (exact) mass is 316 g/mol. The zero-order valence-corrected chi connectivity index (χ0v) is 13.7. The Hall–Kier alpha value is -2.40. The van der Waals surface area contributed by atoms with E-state index in [4.69, 9.17) is 9.47 Å². The van der Waals surface area contributed by atoms with E-state index in [1.807, 2.05) is 0 Å². The first-order chi connectivity index (χ1) is 10.8. The van der Waals surface area contributed by atoms with Crippen LogP contribution in [0.1, 0.15) is 49.7 Å². The van der Waals surface area contributed by atoms with Crippen molar-refractivity contribution in [3.8, 4) is 11.5 Å². The molecule has 0 bridgehead atoms. The number of Topliss-reactive ketones (excluding diaryl/α,β-unsaturated/α-hetero) is 1. The molecule has 5 nitrogen and oxygen atoms in total. The first kappa shape index (κ1) is 17.0. The second kappa shape index (κ2) is 6.38. The van der Waals surface area contributed by atoms with Gasteiger partial charge in [0.15, 0.2) is 5.78 Å². The summed E-state index contributed by atoms with van der Waals surface area (Å²) in [6.45, 7) is 10.3. The quantitative estimate of drug-likeness (QED) is 0.304. The van der Waals surface area contributed by atoms with Crippen LogP contribution >= 0.6 is 0 Å². The molecular weight excluding hydrogens is 296 g/mol. The van der Waals surface area contributed by atoms with Crippen LogP contribution in [0.2, 0.25) is 0 Å². The Bertz CT molecular complexity index is 714. The molecule has 0 unspecified atom stereocenters. The fourth-order valence-electron chi connectivity index (χ4n) is 2.30. The summed E-state index contributed by atoms with van der Waals surface area (Å²) in [5, 5.41) is 10.3. The number of aliphatic hydroxyl groups excluding tert-OH is 1. The van der Waals surface area contributed by atoms with E-state index in [1.165, 1.54) is 19.1 Å². The van der Waals surface area contributed by atoms with E-state index in [1.54, 1.807) is 26.8 Å². The summed E-state index contributed by atoms with van der Waals surface area (Å²) in [4.78, 5) is 23.8. The average molecular weight is 316 g/mol. The van der Waals surface area contributed by atoms with Gasteiger partial charge in [0.2, 0.25) is 0 Å². The number of ketones is 1. The third kappa shape index (κ3) is 3.19. The van der Waals surface area contributed by atoms with Crippen LogP contribution in [0.4, 0.5) is 0 Å². The van der Waals surface area contributed by atoms with Gasteiger partial charge in [-0.2, -0.15) is 0 Å². The number of esters is 1. The zero-order chi connectivity index (χ0) is 17.3. The highest BCUT2D eigenvalue weighted by Gasteiger charge is 2.35. The number of hydrogen-bond acceptors (Lipinski definition) is 5. The Morgan fingerprint density at radius 2 is 1.96 bits per heavy atom. The molecule has 0 saturated heterocycles. The van der Waals surface area contributed by atoms with Gasteiger partial charge in [-0.15, -0.1) is 0 Å². The molecule has 0 aliphatic carbocycles. The minimum atomic E-state index is -0.900. The molecule has 2 rings (SSSR count). The largest absolute Gasteiger partial charge is 0.482 e. The molecule has 0 fully saturated rings. The van der Waals surface area contributed by atoms with Crippen molar-refractivity contribution in [1.29, 1.82) is 0 Å². The molecule has 1 aromatic rings. The molecule has 1 N–H and O–H groups in total. The normalized spacial score (nSPS) is 19.8. The molecule has 0 saturated carbocycles. The van der Waals surface area contributed by atoms with Crippen molar-refractivity contribution in [1.82, 2.24) is 0 Å². The summed E-state index contributed by atoms with van der Waals surface area (Å²) < 4.78 is 11.0. The van der Waals surface area contributed by atoms with Gasteiger partial charge in [-0.1, -0.05) is 12.7 Å². The topological polar surface area (TPSA) is 72.8 Å². The number of carbonyl (C=O) groups excluding carboxylic acids is 2. The van der Waals surface area contributed by atoms with E-state index in [9.17, 15) is 14.7 Å². The predicted molar refractivity (Wildman–Crippen MR) is 85.7 cm³/mol. The van der Waals surface area contributed by atoms with Crippen molar-refractivity contribution >= 4 is 11.8 Å². The average Bonchev–Trinajstić information content (AvgIpc) is 2.82. The summed E-state index contributed by atoms with van der Waals surface area (Å²) in [6.07, 6.45) is 0.149. The molecule has 0 amide bonds. The highest BCUT2D eigenvalue weighted by Crippen LogP contribution is 2.42. The molecule has 1 aliphatic rings. The van der Waals surface area contributed by atoms with Gasteiger partial charge in [0.25, 0.3) is 0 Å². The Morgan fingerprint density at radius 3 is 2.48 bits per heavy atom. The van der Waals surface area contributed by atoms with Gasteiger partial charge < -0.3 is 14.6 Å². The van der Waals surface area contributed by atoms with Crippen LogP contribution < -0.4 is 9.47 Å². The van der Waals surface area contributed by atoms with Crippen molar-refractivity contribution in [2.45, 2.75) is 39.9 Å². The zero-order valence-electron chi connectivity index (χ0n) is 13.7. The fourth-order valence-corrected chi connectivity index (χ4v) is 2.30. The minimum Gasteiger partial charge on any atom is -0.482 e. The van der Waals surface area contributed by atoms with Gasteiger partial charge >= 0.3 is 5.97 Å². The Labute approximate surface area is 135 Å². The van der Waals surface area contributed by atoms with E-state index in [0.29, 0.717) is 22.5 Å². The number of benzene rings is 1. The lowest BCUT2D eigenvalue weighted by Gasteiger charge is -2.13. The summed E-state index contributed by atoms with van der Waals surface area (Å²) in [7, 11) is 0. The van der Waals surface area contributed by atoms with Crippen molar-refractivity contribution in [2.75, 3.05) is 0 Å². The fraction of sp³-hybridized carbons (Fsp3) is 0.333. The van der Waals surface area contributed by atoms with Crippen molar-refractivity contribution in [2.24, 2.45) is 0 Å².